The molecule has 0 aromatic carbocycles. The molecule has 1 saturated heterocycles. The molecular weight excluding hydrogens is 126 g/mol. The normalized spacial score (nSPS) is 24.0. The molecular formula is C8H17NO. The second-order valence-corrected chi connectivity index (χ2v) is 4.07. The summed E-state index contributed by atoms with van der Waals surface area (Å²) in [5.74, 6) is 0. The molecule has 0 radical (unpaired) electrons. The zero-order valence-electron chi connectivity index (χ0n) is 7.32. The fourth-order valence-electron chi connectivity index (χ4n) is 1.26. The first kappa shape index (κ1) is 8.02. The van der Waals surface area contributed by atoms with Gasteiger partial charge in [-0.1, -0.05) is 20.8 Å². The zero-order chi connectivity index (χ0) is 7.83. The monoisotopic (exact) mass is 143 g/mol. The Morgan fingerprint density at radius 1 is 1.30 bits per heavy atom. The lowest BCUT2D eigenvalue weighted by Gasteiger charge is -2.50. The average Bonchev–Trinajstić information content (AvgIpc) is 1.58. The van der Waals surface area contributed by atoms with Gasteiger partial charge in [-0.3, -0.25) is 0 Å². The largest absolute Gasteiger partial charge is 0.377 e. The molecule has 2 nitrogen and oxygen atoms in total. The maximum atomic E-state index is 5.19. The second kappa shape index (κ2) is 2.21. The van der Waals surface area contributed by atoms with Crippen molar-refractivity contribution in [3.8, 4) is 0 Å². The van der Waals surface area contributed by atoms with Gasteiger partial charge in [0.2, 0.25) is 0 Å². The van der Waals surface area contributed by atoms with E-state index in [4.69, 9.17) is 4.74 Å². The molecule has 0 aromatic rings. The van der Waals surface area contributed by atoms with Gasteiger partial charge in [0.15, 0.2) is 0 Å². The van der Waals surface area contributed by atoms with E-state index < -0.39 is 0 Å². The van der Waals surface area contributed by atoms with Crippen LogP contribution in [0.2, 0.25) is 0 Å². The van der Waals surface area contributed by atoms with Gasteiger partial charge in [-0.05, 0) is 12.5 Å². The van der Waals surface area contributed by atoms with Crippen molar-refractivity contribution in [2.45, 2.75) is 26.3 Å². The predicted octanol–water partition coefficient (Wildman–Crippen LogP) is 1.02. The molecule has 0 amide bonds. The van der Waals surface area contributed by atoms with Crippen LogP contribution in [0, 0.1) is 5.41 Å². The molecule has 60 valence electrons. The molecule has 1 aliphatic rings. The summed E-state index contributed by atoms with van der Waals surface area (Å²) in [7, 11) is 2.01. The van der Waals surface area contributed by atoms with Crippen LogP contribution in [0.4, 0.5) is 0 Å². The van der Waals surface area contributed by atoms with Gasteiger partial charge in [-0.25, -0.2) is 0 Å². The number of ether oxygens (including phenoxy) is 1. The summed E-state index contributed by atoms with van der Waals surface area (Å²) in [6, 6.07) is 0. The average molecular weight is 143 g/mol. The Morgan fingerprint density at radius 3 is 1.80 bits per heavy atom. The first-order chi connectivity index (χ1) is 4.52. The van der Waals surface area contributed by atoms with Crippen LogP contribution in [-0.4, -0.2) is 25.8 Å². The van der Waals surface area contributed by atoms with E-state index in [1.54, 1.807) is 0 Å². The summed E-state index contributed by atoms with van der Waals surface area (Å²) in [5, 5.41) is 3.33. The highest BCUT2D eigenvalue weighted by molar-refractivity contribution is 5.02. The van der Waals surface area contributed by atoms with E-state index in [9.17, 15) is 0 Å². The lowest BCUT2D eigenvalue weighted by Crippen LogP contribution is -2.66. The van der Waals surface area contributed by atoms with Crippen LogP contribution in [0.25, 0.3) is 0 Å². The summed E-state index contributed by atoms with van der Waals surface area (Å²) in [6.45, 7) is 8.43. The molecule has 0 aliphatic carbocycles. The van der Waals surface area contributed by atoms with E-state index in [0.717, 1.165) is 13.2 Å². The summed E-state index contributed by atoms with van der Waals surface area (Å²) >= 11 is 0. The van der Waals surface area contributed by atoms with Crippen LogP contribution in [0.3, 0.4) is 0 Å². The third-order valence-electron chi connectivity index (χ3n) is 2.61. The Hall–Kier alpha value is -0.0800. The smallest absolute Gasteiger partial charge is 0.0700 e. The molecule has 0 bridgehead atoms. The Kier molecular flexibility index (Phi) is 1.77. The minimum atomic E-state index is 0.229. The van der Waals surface area contributed by atoms with Crippen LogP contribution < -0.4 is 5.32 Å². The summed E-state index contributed by atoms with van der Waals surface area (Å²) in [6.07, 6.45) is 0. The number of hydrogen-bond acceptors (Lipinski definition) is 2. The number of likely N-dealkylation sites (N-methyl/N-ethyl adjacent to an activating group) is 1. The molecule has 0 aromatic heterocycles. The molecule has 2 heteroatoms. The van der Waals surface area contributed by atoms with Crippen molar-refractivity contribution in [3.05, 3.63) is 0 Å². The van der Waals surface area contributed by atoms with Crippen molar-refractivity contribution >= 4 is 0 Å². The molecule has 0 saturated carbocycles. The van der Waals surface area contributed by atoms with Gasteiger partial charge in [-0.2, -0.15) is 0 Å². The lowest BCUT2D eigenvalue weighted by molar-refractivity contribution is -0.123. The summed E-state index contributed by atoms with van der Waals surface area (Å²) < 4.78 is 5.19. The Balaban J connectivity index is 2.65. The maximum Gasteiger partial charge on any atom is 0.0700 e. The van der Waals surface area contributed by atoms with Crippen LogP contribution in [0.15, 0.2) is 0 Å². The van der Waals surface area contributed by atoms with Crippen molar-refractivity contribution in [2.24, 2.45) is 5.41 Å². The Bertz CT molecular complexity index is 116. The SMILES string of the molecule is CNC1(C(C)(C)C)COC1. The third kappa shape index (κ3) is 0.956. The molecule has 0 unspecified atom stereocenters. The number of hydrogen-bond donors (Lipinski definition) is 1. The van der Waals surface area contributed by atoms with Crippen LogP contribution in [0.1, 0.15) is 20.8 Å². The highest BCUT2D eigenvalue weighted by Crippen LogP contribution is 2.35. The molecule has 0 spiro atoms. The summed E-state index contributed by atoms with van der Waals surface area (Å²) in [5.41, 5.74) is 0.535. The van der Waals surface area contributed by atoms with Gasteiger partial charge in [0.05, 0.1) is 18.8 Å². The van der Waals surface area contributed by atoms with Gasteiger partial charge < -0.3 is 10.1 Å². The predicted molar refractivity (Wildman–Crippen MR) is 42.1 cm³/mol. The van der Waals surface area contributed by atoms with E-state index in [-0.39, 0.29) is 5.54 Å². The molecule has 1 heterocycles. The fraction of sp³-hybridized carbons (Fsp3) is 1.00. The van der Waals surface area contributed by atoms with Crippen molar-refractivity contribution < 1.29 is 4.74 Å². The first-order valence-electron chi connectivity index (χ1n) is 3.78. The van der Waals surface area contributed by atoms with Crippen molar-refractivity contribution in [2.75, 3.05) is 20.3 Å². The molecule has 1 aliphatic heterocycles. The van der Waals surface area contributed by atoms with Crippen molar-refractivity contribution in [1.82, 2.24) is 5.32 Å². The van der Waals surface area contributed by atoms with E-state index in [2.05, 4.69) is 26.1 Å². The standard InChI is InChI=1S/C8H17NO/c1-7(2,3)8(9-4)5-10-6-8/h9H,5-6H2,1-4H3. The first-order valence-corrected chi connectivity index (χ1v) is 3.78. The quantitative estimate of drug-likeness (QED) is 0.591. The Labute approximate surface area is 63.0 Å². The van der Waals surface area contributed by atoms with E-state index in [1.807, 2.05) is 7.05 Å². The van der Waals surface area contributed by atoms with Gasteiger partial charge in [0.1, 0.15) is 0 Å². The fourth-order valence-corrected chi connectivity index (χ4v) is 1.26. The van der Waals surface area contributed by atoms with Crippen molar-refractivity contribution in [3.63, 3.8) is 0 Å². The Morgan fingerprint density at radius 2 is 1.80 bits per heavy atom. The van der Waals surface area contributed by atoms with Gasteiger partial charge >= 0.3 is 0 Å². The van der Waals surface area contributed by atoms with Crippen LogP contribution >= 0.6 is 0 Å². The highest BCUT2D eigenvalue weighted by atomic mass is 16.5. The van der Waals surface area contributed by atoms with Crippen LogP contribution in [0.5, 0.6) is 0 Å². The van der Waals surface area contributed by atoms with Crippen molar-refractivity contribution in [1.29, 1.82) is 0 Å². The zero-order valence-corrected chi connectivity index (χ0v) is 7.32. The molecule has 1 N–H and O–H groups in total. The topological polar surface area (TPSA) is 21.3 Å². The minimum Gasteiger partial charge on any atom is -0.377 e. The number of rotatable bonds is 1. The minimum absolute atomic E-state index is 0.229. The highest BCUT2D eigenvalue weighted by Gasteiger charge is 2.46. The third-order valence-corrected chi connectivity index (χ3v) is 2.61. The molecule has 1 fully saturated rings. The summed E-state index contributed by atoms with van der Waals surface area (Å²) in [4.78, 5) is 0. The molecule has 1 rings (SSSR count). The van der Waals surface area contributed by atoms with Crippen LogP contribution in [-0.2, 0) is 4.74 Å². The lowest BCUT2D eigenvalue weighted by atomic mass is 9.72. The van der Waals surface area contributed by atoms with Gasteiger partial charge in [0, 0.05) is 0 Å². The van der Waals surface area contributed by atoms with E-state index >= 15 is 0 Å². The maximum absolute atomic E-state index is 5.19. The van der Waals surface area contributed by atoms with Gasteiger partial charge in [0.25, 0.3) is 0 Å². The second-order valence-electron chi connectivity index (χ2n) is 4.07. The number of nitrogens with one attached hydrogen (secondary N) is 1. The molecule has 0 atom stereocenters. The molecule has 10 heavy (non-hydrogen) atoms. The van der Waals surface area contributed by atoms with Gasteiger partial charge in [-0.15, -0.1) is 0 Å². The van der Waals surface area contributed by atoms with E-state index in [0.29, 0.717) is 5.41 Å². The van der Waals surface area contributed by atoms with E-state index in [1.165, 1.54) is 0 Å².